The molecular formula is C14H9BrF4N2O. The number of benzene rings is 2. The van der Waals surface area contributed by atoms with E-state index in [1.807, 2.05) is 0 Å². The molecule has 0 bridgehead atoms. The average Bonchev–Trinajstić information content (AvgIpc) is 2.42. The zero-order valence-corrected chi connectivity index (χ0v) is 12.4. The molecule has 0 aliphatic rings. The smallest absolute Gasteiger partial charge is 0.308 e. The van der Waals surface area contributed by atoms with Crippen LogP contribution in [0.3, 0.4) is 0 Å². The Morgan fingerprint density at radius 2 is 1.73 bits per heavy atom. The molecule has 8 heteroatoms. The molecule has 0 aromatic heterocycles. The van der Waals surface area contributed by atoms with Gasteiger partial charge in [0.1, 0.15) is 5.82 Å². The normalized spacial score (nSPS) is 11.1. The zero-order chi connectivity index (χ0) is 16.3. The van der Waals surface area contributed by atoms with Gasteiger partial charge in [-0.2, -0.15) is 13.2 Å². The number of carbonyl (C=O) groups is 1. The van der Waals surface area contributed by atoms with Gasteiger partial charge in [0.05, 0.1) is 11.3 Å². The van der Waals surface area contributed by atoms with Crippen molar-refractivity contribution < 1.29 is 22.4 Å². The lowest BCUT2D eigenvalue weighted by Crippen LogP contribution is -2.20. The summed E-state index contributed by atoms with van der Waals surface area (Å²) in [6.07, 6.45) is -4.56. The SMILES string of the molecule is O=C(Nc1ccc(Br)c(C(F)(F)F)c1)Nc1ccccc1F. The Balaban J connectivity index is 2.14. The Morgan fingerprint density at radius 3 is 2.36 bits per heavy atom. The van der Waals surface area contributed by atoms with Crippen LogP contribution in [0, 0.1) is 5.82 Å². The molecule has 0 radical (unpaired) electrons. The van der Waals surface area contributed by atoms with Crippen LogP contribution in [0.1, 0.15) is 5.56 Å². The second-order valence-electron chi connectivity index (χ2n) is 4.25. The number of halogens is 5. The third-order valence-corrected chi connectivity index (χ3v) is 3.34. The van der Waals surface area contributed by atoms with Crippen LogP contribution < -0.4 is 10.6 Å². The number of hydrogen-bond acceptors (Lipinski definition) is 1. The Labute approximate surface area is 131 Å². The number of nitrogens with one attached hydrogen (secondary N) is 2. The summed E-state index contributed by atoms with van der Waals surface area (Å²) in [6, 6.07) is 7.84. The molecule has 0 aliphatic carbocycles. The van der Waals surface area contributed by atoms with Crippen molar-refractivity contribution in [3.63, 3.8) is 0 Å². The van der Waals surface area contributed by atoms with E-state index < -0.39 is 23.6 Å². The molecule has 0 saturated heterocycles. The minimum absolute atomic E-state index is 0.0654. The summed E-state index contributed by atoms with van der Waals surface area (Å²) in [4.78, 5) is 11.7. The van der Waals surface area contributed by atoms with E-state index in [2.05, 4.69) is 26.6 Å². The quantitative estimate of drug-likeness (QED) is 0.690. The maximum absolute atomic E-state index is 13.4. The molecule has 2 N–H and O–H groups in total. The molecule has 3 nitrogen and oxygen atoms in total. The maximum Gasteiger partial charge on any atom is 0.417 e. The van der Waals surface area contributed by atoms with Crippen LogP contribution in [-0.4, -0.2) is 6.03 Å². The van der Waals surface area contributed by atoms with E-state index in [1.165, 1.54) is 30.3 Å². The van der Waals surface area contributed by atoms with Crippen LogP contribution in [0.4, 0.5) is 33.7 Å². The summed E-state index contributed by atoms with van der Waals surface area (Å²) in [5.41, 5.74) is -1.06. The third kappa shape index (κ3) is 3.97. The predicted octanol–water partition coefficient (Wildman–Crippen LogP) is 5.25. The molecule has 0 atom stereocenters. The Bertz CT molecular complexity index is 703. The number of carbonyl (C=O) groups excluding carboxylic acids is 1. The Kier molecular flexibility index (Phi) is 4.70. The highest BCUT2D eigenvalue weighted by Crippen LogP contribution is 2.36. The Morgan fingerprint density at radius 1 is 1.05 bits per heavy atom. The average molecular weight is 377 g/mol. The zero-order valence-electron chi connectivity index (χ0n) is 10.8. The van der Waals surface area contributed by atoms with E-state index in [-0.39, 0.29) is 15.8 Å². The first-order valence-corrected chi connectivity index (χ1v) is 6.76. The molecule has 0 aliphatic heterocycles. The van der Waals surface area contributed by atoms with Crippen molar-refractivity contribution in [2.75, 3.05) is 10.6 Å². The number of para-hydroxylation sites is 1. The largest absolute Gasteiger partial charge is 0.417 e. The lowest BCUT2D eigenvalue weighted by atomic mass is 10.2. The van der Waals surface area contributed by atoms with Crippen molar-refractivity contribution in [3.8, 4) is 0 Å². The van der Waals surface area contributed by atoms with E-state index >= 15 is 0 Å². The summed E-state index contributed by atoms with van der Waals surface area (Å²) < 4.78 is 51.5. The lowest BCUT2D eigenvalue weighted by Gasteiger charge is -2.12. The fourth-order valence-electron chi connectivity index (χ4n) is 1.67. The van der Waals surface area contributed by atoms with Crippen molar-refractivity contribution >= 4 is 33.3 Å². The van der Waals surface area contributed by atoms with Gasteiger partial charge in [0.2, 0.25) is 0 Å². The number of anilines is 2. The predicted molar refractivity (Wildman–Crippen MR) is 78.2 cm³/mol. The molecule has 2 aromatic rings. The molecular weight excluding hydrogens is 368 g/mol. The summed E-state index contributed by atoms with van der Waals surface area (Å²) in [7, 11) is 0. The fourth-order valence-corrected chi connectivity index (χ4v) is 2.14. The Hall–Kier alpha value is -2.09. The highest BCUT2D eigenvalue weighted by Gasteiger charge is 2.33. The minimum atomic E-state index is -4.56. The highest BCUT2D eigenvalue weighted by atomic mass is 79.9. The van der Waals surface area contributed by atoms with Crippen LogP contribution in [-0.2, 0) is 6.18 Å². The first-order valence-electron chi connectivity index (χ1n) is 5.96. The maximum atomic E-state index is 13.4. The van der Waals surface area contributed by atoms with Gasteiger partial charge in [0.25, 0.3) is 0 Å². The summed E-state index contributed by atoms with van der Waals surface area (Å²) in [5, 5.41) is 4.43. The van der Waals surface area contributed by atoms with Gasteiger partial charge in [0.15, 0.2) is 0 Å². The van der Waals surface area contributed by atoms with Crippen LogP contribution in [0.15, 0.2) is 46.9 Å². The molecule has 0 saturated carbocycles. The first-order chi connectivity index (χ1) is 10.3. The lowest BCUT2D eigenvalue weighted by molar-refractivity contribution is -0.138. The molecule has 116 valence electrons. The molecule has 0 unspecified atom stereocenters. The second kappa shape index (κ2) is 6.35. The summed E-state index contributed by atoms with van der Waals surface area (Å²) in [5.74, 6) is -0.649. The fraction of sp³-hybridized carbons (Fsp3) is 0.0714. The van der Waals surface area contributed by atoms with Crippen LogP contribution >= 0.6 is 15.9 Å². The van der Waals surface area contributed by atoms with Crippen molar-refractivity contribution in [2.45, 2.75) is 6.18 Å². The number of hydrogen-bond donors (Lipinski definition) is 2. The topological polar surface area (TPSA) is 41.1 Å². The van der Waals surface area contributed by atoms with Crippen molar-refractivity contribution in [1.82, 2.24) is 0 Å². The summed E-state index contributed by atoms with van der Waals surface area (Å²) in [6.45, 7) is 0. The summed E-state index contributed by atoms with van der Waals surface area (Å²) >= 11 is 2.80. The third-order valence-electron chi connectivity index (χ3n) is 2.65. The van der Waals surface area contributed by atoms with Gasteiger partial charge in [0, 0.05) is 10.2 Å². The van der Waals surface area contributed by atoms with Gasteiger partial charge in [-0.25, -0.2) is 9.18 Å². The van der Waals surface area contributed by atoms with Crippen molar-refractivity contribution in [1.29, 1.82) is 0 Å². The van der Waals surface area contributed by atoms with Gasteiger partial charge in [-0.15, -0.1) is 0 Å². The van der Waals surface area contributed by atoms with Gasteiger partial charge >= 0.3 is 12.2 Å². The number of rotatable bonds is 2. The molecule has 2 aromatic carbocycles. The van der Waals surface area contributed by atoms with Crippen LogP contribution in [0.2, 0.25) is 0 Å². The molecule has 22 heavy (non-hydrogen) atoms. The van der Waals surface area contributed by atoms with Gasteiger partial charge in [-0.1, -0.05) is 28.1 Å². The molecule has 0 spiro atoms. The highest BCUT2D eigenvalue weighted by molar-refractivity contribution is 9.10. The van der Waals surface area contributed by atoms with Crippen molar-refractivity contribution in [2.24, 2.45) is 0 Å². The van der Waals surface area contributed by atoms with E-state index in [0.717, 1.165) is 12.1 Å². The van der Waals surface area contributed by atoms with Crippen molar-refractivity contribution in [3.05, 3.63) is 58.3 Å². The van der Waals surface area contributed by atoms with Crippen LogP contribution in [0.25, 0.3) is 0 Å². The van der Waals surface area contributed by atoms with Crippen LogP contribution in [0.5, 0.6) is 0 Å². The van der Waals surface area contributed by atoms with E-state index in [9.17, 15) is 22.4 Å². The van der Waals surface area contributed by atoms with E-state index in [4.69, 9.17) is 0 Å². The molecule has 2 amide bonds. The standard InChI is InChI=1S/C14H9BrF4N2O/c15-10-6-5-8(7-9(10)14(17,18)19)20-13(22)21-12-4-2-1-3-11(12)16/h1-7H,(H2,20,21,22). The number of alkyl halides is 3. The first kappa shape index (κ1) is 16.3. The van der Waals surface area contributed by atoms with Gasteiger partial charge in [-0.3, -0.25) is 0 Å². The molecule has 0 heterocycles. The van der Waals surface area contributed by atoms with E-state index in [1.54, 1.807) is 0 Å². The number of urea groups is 1. The molecule has 2 rings (SSSR count). The number of amides is 2. The monoisotopic (exact) mass is 376 g/mol. The second-order valence-corrected chi connectivity index (χ2v) is 5.11. The van der Waals surface area contributed by atoms with Gasteiger partial charge in [-0.05, 0) is 30.3 Å². The molecule has 0 fully saturated rings. The minimum Gasteiger partial charge on any atom is -0.308 e. The van der Waals surface area contributed by atoms with Gasteiger partial charge < -0.3 is 10.6 Å². The van der Waals surface area contributed by atoms with E-state index in [0.29, 0.717) is 0 Å².